The van der Waals surface area contributed by atoms with E-state index < -0.39 is 0 Å². The van der Waals surface area contributed by atoms with E-state index >= 15 is 0 Å². The Morgan fingerprint density at radius 1 is 1.71 bits per heavy atom. The molecular weight excluding hydrogens is 184 g/mol. The zero-order valence-corrected chi connectivity index (χ0v) is 7.91. The summed E-state index contributed by atoms with van der Waals surface area (Å²) in [6, 6.07) is 0.118. The Hall–Kier alpha value is -1.69. The topological polar surface area (TPSA) is 80.0 Å². The van der Waals surface area contributed by atoms with E-state index in [1.807, 2.05) is 0 Å². The van der Waals surface area contributed by atoms with Crippen LogP contribution in [0.2, 0.25) is 0 Å². The molecule has 1 rings (SSSR count). The third kappa shape index (κ3) is 3.36. The predicted octanol–water partition coefficient (Wildman–Crippen LogP) is 0.0921. The molecule has 0 unspecified atom stereocenters. The van der Waals surface area contributed by atoms with Gasteiger partial charge in [0.15, 0.2) is 5.82 Å². The first kappa shape index (κ1) is 10.4. The number of amides is 1. The summed E-state index contributed by atoms with van der Waals surface area (Å²) in [7, 11) is 0. The summed E-state index contributed by atoms with van der Waals surface area (Å²) >= 11 is 0. The Kier molecular flexibility index (Phi) is 3.81. The Morgan fingerprint density at radius 2 is 2.50 bits per heavy atom. The molecule has 0 bridgehead atoms. The van der Waals surface area contributed by atoms with Crippen LogP contribution >= 0.6 is 0 Å². The van der Waals surface area contributed by atoms with Gasteiger partial charge in [-0.3, -0.25) is 10.1 Å². The number of carbonyl (C=O) groups is 1. The number of rotatable bonds is 5. The molecule has 0 aliphatic heterocycles. The molecule has 1 amide bonds. The number of hydrogen-bond donors (Lipinski definition) is 2. The SMILES string of the molecule is C=CCNCC(=O)Nc1nc(C)no1. The van der Waals surface area contributed by atoms with Crippen molar-refractivity contribution in [3.05, 3.63) is 18.5 Å². The maximum Gasteiger partial charge on any atom is 0.328 e. The first-order chi connectivity index (χ1) is 6.72. The van der Waals surface area contributed by atoms with E-state index in [-0.39, 0.29) is 18.5 Å². The number of carbonyl (C=O) groups excluding carboxylic acids is 1. The molecule has 0 atom stereocenters. The van der Waals surface area contributed by atoms with Crippen LogP contribution in [0, 0.1) is 6.92 Å². The van der Waals surface area contributed by atoms with Gasteiger partial charge < -0.3 is 9.84 Å². The molecule has 1 aromatic heterocycles. The van der Waals surface area contributed by atoms with E-state index in [1.165, 1.54) is 0 Å². The summed E-state index contributed by atoms with van der Waals surface area (Å²) in [6.45, 7) is 5.95. The van der Waals surface area contributed by atoms with Crippen LogP contribution in [0.15, 0.2) is 17.2 Å². The van der Waals surface area contributed by atoms with Gasteiger partial charge in [0.25, 0.3) is 0 Å². The minimum atomic E-state index is -0.226. The molecule has 6 nitrogen and oxygen atoms in total. The fraction of sp³-hybridized carbons (Fsp3) is 0.375. The third-order valence-electron chi connectivity index (χ3n) is 1.35. The van der Waals surface area contributed by atoms with Gasteiger partial charge in [0.05, 0.1) is 6.54 Å². The highest BCUT2D eigenvalue weighted by Crippen LogP contribution is 2.00. The minimum Gasteiger partial charge on any atom is -0.315 e. The predicted molar refractivity (Wildman–Crippen MR) is 50.7 cm³/mol. The van der Waals surface area contributed by atoms with Gasteiger partial charge in [-0.25, -0.2) is 0 Å². The Balaban J connectivity index is 2.30. The molecule has 0 saturated carbocycles. The van der Waals surface area contributed by atoms with Gasteiger partial charge >= 0.3 is 6.01 Å². The standard InChI is InChI=1S/C8H12N4O2/c1-3-4-9-5-7(13)11-8-10-6(2)12-14-8/h3,9H,1,4-5H2,2H3,(H,10,11,12,13). The average Bonchev–Trinajstić information content (AvgIpc) is 2.52. The second kappa shape index (κ2) is 5.13. The van der Waals surface area contributed by atoms with Crippen LogP contribution in [-0.4, -0.2) is 29.1 Å². The normalized spacial score (nSPS) is 9.79. The minimum absolute atomic E-state index is 0.118. The largest absolute Gasteiger partial charge is 0.328 e. The second-order valence-corrected chi connectivity index (χ2v) is 2.61. The van der Waals surface area contributed by atoms with Gasteiger partial charge in [-0.05, 0) is 6.92 Å². The summed E-state index contributed by atoms with van der Waals surface area (Å²) in [4.78, 5) is 15.0. The number of hydrogen-bond acceptors (Lipinski definition) is 5. The van der Waals surface area contributed by atoms with Crippen molar-refractivity contribution in [3.63, 3.8) is 0 Å². The highest BCUT2D eigenvalue weighted by molar-refractivity contribution is 5.90. The monoisotopic (exact) mass is 196 g/mol. The molecule has 0 aromatic carbocycles. The van der Waals surface area contributed by atoms with Crippen molar-refractivity contribution in [2.24, 2.45) is 0 Å². The van der Waals surface area contributed by atoms with Crippen LogP contribution in [0.3, 0.4) is 0 Å². The van der Waals surface area contributed by atoms with Crippen molar-refractivity contribution in [1.82, 2.24) is 15.5 Å². The van der Waals surface area contributed by atoms with Crippen molar-refractivity contribution in [3.8, 4) is 0 Å². The molecule has 1 heterocycles. The smallest absolute Gasteiger partial charge is 0.315 e. The summed E-state index contributed by atoms with van der Waals surface area (Å²) in [5.41, 5.74) is 0. The molecule has 1 aromatic rings. The van der Waals surface area contributed by atoms with Crippen molar-refractivity contribution >= 4 is 11.9 Å². The van der Waals surface area contributed by atoms with Crippen LogP contribution < -0.4 is 10.6 Å². The van der Waals surface area contributed by atoms with Crippen molar-refractivity contribution in [2.45, 2.75) is 6.92 Å². The average molecular weight is 196 g/mol. The number of anilines is 1. The Morgan fingerprint density at radius 3 is 3.07 bits per heavy atom. The van der Waals surface area contributed by atoms with E-state index in [4.69, 9.17) is 4.52 Å². The van der Waals surface area contributed by atoms with Crippen molar-refractivity contribution in [2.75, 3.05) is 18.4 Å². The highest BCUT2D eigenvalue weighted by atomic mass is 16.5. The van der Waals surface area contributed by atoms with Crippen LogP contribution in [-0.2, 0) is 4.79 Å². The van der Waals surface area contributed by atoms with E-state index in [1.54, 1.807) is 13.0 Å². The van der Waals surface area contributed by atoms with E-state index in [0.29, 0.717) is 12.4 Å². The molecule has 76 valence electrons. The van der Waals surface area contributed by atoms with Crippen molar-refractivity contribution in [1.29, 1.82) is 0 Å². The lowest BCUT2D eigenvalue weighted by atomic mass is 10.5. The molecule has 0 saturated heterocycles. The Bertz CT molecular complexity index is 321. The van der Waals surface area contributed by atoms with Gasteiger partial charge in [0, 0.05) is 6.54 Å². The fourth-order valence-corrected chi connectivity index (χ4v) is 0.799. The number of nitrogens with one attached hydrogen (secondary N) is 2. The molecule has 6 heteroatoms. The van der Waals surface area contributed by atoms with E-state index in [9.17, 15) is 4.79 Å². The van der Waals surface area contributed by atoms with Gasteiger partial charge in [-0.15, -0.1) is 6.58 Å². The fourth-order valence-electron chi connectivity index (χ4n) is 0.799. The molecule has 0 radical (unpaired) electrons. The summed E-state index contributed by atoms with van der Waals surface area (Å²) < 4.78 is 4.70. The van der Waals surface area contributed by atoms with Gasteiger partial charge in [0.2, 0.25) is 5.91 Å². The van der Waals surface area contributed by atoms with E-state index in [0.717, 1.165) is 0 Å². The molecule has 0 aliphatic carbocycles. The summed E-state index contributed by atoms with van der Waals surface area (Å²) in [6.07, 6.45) is 1.67. The quantitative estimate of drug-likeness (QED) is 0.515. The van der Waals surface area contributed by atoms with Crippen molar-refractivity contribution < 1.29 is 9.32 Å². The number of nitrogens with zero attached hydrogens (tertiary/aromatic N) is 2. The highest BCUT2D eigenvalue weighted by Gasteiger charge is 2.06. The maximum absolute atomic E-state index is 11.2. The van der Waals surface area contributed by atoms with Crippen LogP contribution in [0.5, 0.6) is 0 Å². The first-order valence-electron chi connectivity index (χ1n) is 4.14. The van der Waals surface area contributed by atoms with Crippen LogP contribution in [0.25, 0.3) is 0 Å². The maximum atomic E-state index is 11.2. The summed E-state index contributed by atoms with van der Waals surface area (Å²) in [5, 5.41) is 8.82. The summed E-state index contributed by atoms with van der Waals surface area (Å²) in [5.74, 6) is 0.259. The molecule has 0 fully saturated rings. The lowest BCUT2D eigenvalue weighted by Crippen LogP contribution is -2.28. The van der Waals surface area contributed by atoms with Crippen LogP contribution in [0.4, 0.5) is 6.01 Å². The first-order valence-corrected chi connectivity index (χ1v) is 4.14. The molecule has 2 N–H and O–H groups in total. The number of aromatic nitrogens is 2. The molecule has 0 spiro atoms. The van der Waals surface area contributed by atoms with Gasteiger partial charge in [0.1, 0.15) is 0 Å². The molecule has 0 aliphatic rings. The number of aryl methyl sites for hydroxylation is 1. The van der Waals surface area contributed by atoms with Crippen LogP contribution in [0.1, 0.15) is 5.82 Å². The van der Waals surface area contributed by atoms with E-state index in [2.05, 4.69) is 27.4 Å². The second-order valence-electron chi connectivity index (χ2n) is 2.61. The lowest BCUT2D eigenvalue weighted by molar-refractivity contribution is -0.115. The zero-order valence-electron chi connectivity index (χ0n) is 7.91. The van der Waals surface area contributed by atoms with Gasteiger partial charge in [-0.1, -0.05) is 11.2 Å². The lowest BCUT2D eigenvalue weighted by Gasteiger charge is -1.99. The zero-order chi connectivity index (χ0) is 10.4. The van der Waals surface area contributed by atoms with Gasteiger partial charge in [-0.2, -0.15) is 4.98 Å². The molecular formula is C8H12N4O2. The molecule has 14 heavy (non-hydrogen) atoms. The Labute approximate surface area is 81.4 Å². The third-order valence-corrected chi connectivity index (χ3v) is 1.35.